The van der Waals surface area contributed by atoms with Crippen LogP contribution in [0.25, 0.3) is 5.57 Å². The maximum absolute atomic E-state index is 2.33. The standard InChI is InChI=1S/C26H36/c1-8-11-15-21(4)19-20-23(10-3)24-17-13-14-18-25(24)26(6,7)22(5)16-12-9-2/h8-18H,19-20H2,1-7H3/b11-8-,12-9-,21-15+,22-16+,23-10+. The second-order valence-corrected chi connectivity index (χ2v) is 7.40. The molecule has 0 bridgehead atoms. The molecule has 1 rings (SSSR count). The molecule has 0 aliphatic rings. The Morgan fingerprint density at radius 3 is 2.12 bits per heavy atom. The Bertz CT molecular complexity index is 718. The molecule has 0 aliphatic carbocycles. The molecule has 0 aliphatic heterocycles. The number of benzene rings is 1. The zero-order valence-corrected chi connectivity index (χ0v) is 17.8. The topological polar surface area (TPSA) is 0 Å². The molecular weight excluding hydrogens is 312 g/mol. The van der Waals surface area contributed by atoms with E-state index < -0.39 is 0 Å². The highest BCUT2D eigenvalue weighted by Gasteiger charge is 2.25. The molecule has 0 heterocycles. The average molecular weight is 349 g/mol. The quantitative estimate of drug-likeness (QED) is 0.415. The summed E-state index contributed by atoms with van der Waals surface area (Å²) in [6, 6.07) is 8.88. The molecule has 0 unspecified atom stereocenters. The Morgan fingerprint density at radius 2 is 1.50 bits per heavy atom. The van der Waals surface area contributed by atoms with Gasteiger partial charge in [0.2, 0.25) is 0 Å². The van der Waals surface area contributed by atoms with Gasteiger partial charge >= 0.3 is 0 Å². The van der Waals surface area contributed by atoms with Crippen LogP contribution in [0.3, 0.4) is 0 Å². The lowest BCUT2D eigenvalue weighted by Gasteiger charge is -2.30. The summed E-state index contributed by atoms with van der Waals surface area (Å²) in [4.78, 5) is 0. The molecule has 0 spiro atoms. The second kappa shape index (κ2) is 10.8. The van der Waals surface area contributed by atoms with E-state index in [4.69, 9.17) is 0 Å². The third-order valence-electron chi connectivity index (χ3n) is 5.18. The lowest BCUT2D eigenvalue weighted by molar-refractivity contribution is 0.621. The van der Waals surface area contributed by atoms with Crippen molar-refractivity contribution in [3.63, 3.8) is 0 Å². The van der Waals surface area contributed by atoms with Crippen molar-refractivity contribution in [2.45, 2.75) is 66.7 Å². The molecular formula is C26H36. The number of allylic oxidation sites excluding steroid dienone is 10. The molecule has 0 radical (unpaired) electrons. The fourth-order valence-electron chi connectivity index (χ4n) is 3.08. The Labute approximate surface area is 161 Å². The highest BCUT2D eigenvalue weighted by atomic mass is 14.3. The van der Waals surface area contributed by atoms with E-state index >= 15 is 0 Å². The number of hydrogen-bond acceptors (Lipinski definition) is 0. The van der Waals surface area contributed by atoms with Crippen LogP contribution in [0.5, 0.6) is 0 Å². The van der Waals surface area contributed by atoms with Gasteiger partial charge < -0.3 is 0 Å². The van der Waals surface area contributed by atoms with Crippen LogP contribution in [0.2, 0.25) is 0 Å². The van der Waals surface area contributed by atoms with Gasteiger partial charge in [0.05, 0.1) is 0 Å². The maximum Gasteiger partial charge on any atom is 0.0111 e. The van der Waals surface area contributed by atoms with Crippen molar-refractivity contribution in [3.8, 4) is 0 Å². The SMILES string of the molecule is C/C=C\C=C(/C)CC/C(=C\C)c1ccccc1C(C)(C)/C(C)=C/C=C\C. The van der Waals surface area contributed by atoms with E-state index in [0.717, 1.165) is 12.8 Å². The van der Waals surface area contributed by atoms with Gasteiger partial charge in [0, 0.05) is 5.41 Å². The monoisotopic (exact) mass is 348 g/mol. The smallest absolute Gasteiger partial charge is 0.0111 e. The highest BCUT2D eigenvalue weighted by molar-refractivity contribution is 5.70. The van der Waals surface area contributed by atoms with Crippen LogP contribution in [-0.2, 0) is 5.41 Å². The summed E-state index contributed by atoms with van der Waals surface area (Å²) in [5.74, 6) is 0. The predicted octanol–water partition coefficient (Wildman–Crippen LogP) is 8.19. The van der Waals surface area contributed by atoms with E-state index in [-0.39, 0.29) is 5.41 Å². The Morgan fingerprint density at radius 1 is 0.885 bits per heavy atom. The summed E-state index contributed by atoms with van der Waals surface area (Å²) in [6.07, 6.45) is 17.3. The molecule has 140 valence electrons. The minimum Gasteiger partial charge on any atom is -0.0877 e. The summed E-state index contributed by atoms with van der Waals surface area (Å²) in [5.41, 5.74) is 7.01. The van der Waals surface area contributed by atoms with Crippen molar-refractivity contribution in [1.82, 2.24) is 0 Å². The zero-order chi connectivity index (χ0) is 19.6. The van der Waals surface area contributed by atoms with E-state index in [9.17, 15) is 0 Å². The van der Waals surface area contributed by atoms with Crippen molar-refractivity contribution >= 4 is 5.57 Å². The summed E-state index contributed by atoms with van der Waals surface area (Å²) in [7, 11) is 0. The van der Waals surface area contributed by atoms with Gasteiger partial charge in [-0.25, -0.2) is 0 Å². The number of hydrogen-bond donors (Lipinski definition) is 0. The third-order valence-corrected chi connectivity index (χ3v) is 5.18. The van der Waals surface area contributed by atoms with Crippen molar-refractivity contribution in [2.75, 3.05) is 0 Å². The van der Waals surface area contributed by atoms with Gasteiger partial charge in [0.15, 0.2) is 0 Å². The number of rotatable bonds is 8. The highest BCUT2D eigenvalue weighted by Crippen LogP contribution is 2.37. The summed E-state index contributed by atoms with van der Waals surface area (Å²) in [5, 5.41) is 0. The Balaban J connectivity index is 3.21. The first-order valence-electron chi connectivity index (χ1n) is 9.72. The fourth-order valence-corrected chi connectivity index (χ4v) is 3.08. The van der Waals surface area contributed by atoms with Gasteiger partial charge in [0.1, 0.15) is 0 Å². The molecule has 1 aromatic rings. The van der Waals surface area contributed by atoms with Crippen LogP contribution in [0, 0.1) is 0 Å². The van der Waals surface area contributed by atoms with Crippen molar-refractivity contribution < 1.29 is 0 Å². The van der Waals surface area contributed by atoms with Gasteiger partial charge in [-0.2, -0.15) is 0 Å². The van der Waals surface area contributed by atoms with Gasteiger partial charge in [-0.05, 0) is 64.2 Å². The van der Waals surface area contributed by atoms with E-state index in [2.05, 4.69) is 115 Å². The zero-order valence-electron chi connectivity index (χ0n) is 17.8. The van der Waals surface area contributed by atoms with Crippen molar-refractivity contribution in [3.05, 3.63) is 89.1 Å². The first-order chi connectivity index (χ1) is 12.4. The van der Waals surface area contributed by atoms with Crippen LogP contribution in [0.4, 0.5) is 0 Å². The first kappa shape index (κ1) is 22.0. The molecule has 0 heteroatoms. The van der Waals surface area contributed by atoms with Gasteiger partial charge in [0.25, 0.3) is 0 Å². The Kier molecular flexibility index (Phi) is 9.13. The maximum atomic E-state index is 2.33. The van der Waals surface area contributed by atoms with Gasteiger partial charge in [-0.3, -0.25) is 0 Å². The van der Waals surface area contributed by atoms with Crippen LogP contribution in [0.1, 0.15) is 72.4 Å². The average Bonchev–Trinajstić information content (AvgIpc) is 2.65. The van der Waals surface area contributed by atoms with Crippen LogP contribution < -0.4 is 0 Å². The second-order valence-electron chi connectivity index (χ2n) is 7.40. The molecule has 0 saturated carbocycles. The Hall–Kier alpha value is -2.08. The van der Waals surface area contributed by atoms with Gasteiger partial charge in [-0.15, -0.1) is 0 Å². The molecule has 26 heavy (non-hydrogen) atoms. The normalized spacial score (nSPS) is 14.7. The molecule has 0 nitrogen and oxygen atoms in total. The van der Waals surface area contributed by atoms with Crippen molar-refractivity contribution in [1.29, 1.82) is 0 Å². The van der Waals surface area contributed by atoms with E-state index in [1.54, 1.807) is 0 Å². The van der Waals surface area contributed by atoms with Crippen LogP contribution >= 0.6 is 0 Å². The summed E-state index contributed by atoms with van der Waals surface area (Å²) >= 11 is 0. The summed E-state index contributed by atoms with van der Waals surface area (Å²) in [6.45, 7) is 15.4. The van der Waals surface area contributed by atoms with E-state index in [1.807, 2.05) is 0 Å². The first-order valence-corrected chi connectivity index (χ1v) is 9.72. The van der Waals surface area contributed by atoms with E-state index in [1.165, 1.54) is 27.8 Å². The minimum atomic E-state index is 0.000194. The third kappa shape index (κ3) is 6.02. The van der Waals surface area contributed by atoms with Crippen molar-refractivity contribution in [2.24, 2.45) is 0 Å². The lowest BCUT2D eigenvalue weighted by atomic mass is 9.74. The molecule has 0 amide bonds. The molecule has 0 fully saturated rings. The molecule has 0 aromatic heterocycles. The van der Waals surface area contributed by atoms with Gasteiger partial charge in [-0.1, -0.05) is 91.8 Å². The fraction of sp³-hybridized carbons (Fsp3) is 0.385. The molecule has 0 N–H and O–H groups in total. The molecule has 1 aromatic carbocycles. The predicted molar refractivity (Wildman–Crippen MR) is 119 cm³/mol. The van der Waals surface area contributed by atoms with Crippen LogP contribution in [-0.4, -0.2) is 0 Å². The van der Waals surface area contributed by atoms with E-state index in [0.29, 0.717) is 0 Å². The molecule has 0 atom stereocenters. The summed E-state index contributed by atoms with van der Waals surface area (Å²) < 4.78 is 0. The largest absolute Gasteiger partial charge is 0.0877 e. The lowest BCUT2D eigenvalue weighted by Crippen LogP contribution is -2.20. The molecule has 0 saturated heterocycles. The minimum absolute atomic E-state index is 0.000194. The van der Waals surface area contributed by atoms with Crippen LogP contribution in [0.15, 0.2) is 77.9 Å².